The molecule has 1 aromatic heterocycles. The molecule has 3 atom stereocenters. The van der Waals surface area contributed by atoms with E-state index in [0.717, 1.165) is 23.9 Å². The summed E-state index contributed by atoms with van der Waals surface area (Å²) in [6.07, 6.45) is 2.07. The van der Waals surface area contributed by atoms with Crippen molar-refractivity contribution in [3.63, 3.8) is 0 Å². The lowest BCUT2D eigenvalue weighted by Crippen LogP contribution is -2.33. The Morgan fingerprint density at radius 3 is 2.67 bits per heavy atom. The molecule has 1 aliphatic carbocycles. The van der Waals surface area contributed by atoms with Gasteiger partial charge in [0.15, 0.2) is 0 Å². The van der Waals surface area contributed by atoms with Gasteiger partial charge in [-0.2, -0.15) is 0 Å². The fourth-order valence-corrected chi connectivity index (χ4v) is 2.75. The monoisotopic (exact) mass is 285 g/mol. The molecule has 0 saturated heterocycles. The number of benzene rings is 1. The molecule has 0 bridgehead atoms. The van der Waals surface area contributed by atoms with Gasteiger partial charge in [0.05, 0.1) is 13.2 Å². The number of hydrogen-bond donors (Lipinski definition) is 2. The Hall–Kier alpha value is -1.58. The Morgan fingerprint density at radius 1 is 1.24 bits per heavy atom. The Kier molecular flexibility index (Phi) is 4.42. The van der Waals surface area contributed by atoms with Crippen molar-refractivity contribution < 1.29 is 9.52 Å². The minimum atomic E-state index is 0.0563. The maximum Gasteiger partial charge on any atom is 0.117 e. The average Bonchev–Trinajstić information content (AvgIpc) is 3.06. The predicted molar refractivity (Wildman–Crippen MR) is 83.1 cm³/mol. The van der Waals surface area contributed by atoms with Gasteiger partial charge in [0.2, 0.25) is 0 Å². The molecule has 3 heteroatoms. The van der Waals surface area contributed by atoms with E-state index in [-0.39, 0.29) is 12.6 Å². The summed E-state index contributed by atoms with van der Waals surface area (Å²) in [5.41, 5.74) is 1.23. The quantitative estimate of drug-likeness (QED) is 0.821. The molecule has 1 saturated carbocycles. The van der Waals surface area contributed by atoms with Gasteiger partial charge in [-0.3, -0.25) is 0 Å². The smallest absolute Gasteiger partial charge is 0.117 e. The lowest BCUT2D eigenvalue weighted by molar-refractivity contribution is 0.237. The van der Waals surface area contributed by atoms with Crippen LogP contribution < -0.4 is 5.32 Å². The molecule has 2 N–H and O–H groups in total. The second-order valence-corrected chi connectivity index (χ2v) is 6.07. The molecule has 3 nitrogen and oxygen atoms in total. The zero-order valence-corrected chi connectivity index (χ0v) is 12.5. The lowest BCUT2D eigenvalue weighted by atomic mass is 10.1. The summed E-state index contributed by atoms with van der Waals surface area (Å²) < 4.78 is 5.88. The van der Waals surface area contributed by atoms with Gasteiger partial charge < -0.3 is 14.8 Å². The zero-order valence-electron chi connectivity index (χ0n) is 12.5. The molecule has 3 rings (SSSR count). The third kappa shape index (κ3) is 3.74. The maximum atomic E-state index is 9.51. The number of hydrogen-bond acceptors (Lipinski definition) is 3. The molecule has 0 amide bonds. The SMILES string of the molecule is CC1CC1c1ccc(CN[C@H](CO)Cc2ccccc2)o1. The van der Waals surface area contributed by atoms with E-state index in [2.05, 4.69) is 30.4 Å². The third-order valence-corrected chi connectivity index (χ3v) is 4.27. The fourth-order valence-electron chi connectivity index (χ4n) is 2.75. The van der Waals surface area contributed by atoms with Crippen molar-refractivity contribution in [1.82, 2.24) is 5.32 Å². The molecule has 1 fully saturated rings. The van der Waals surface area contributed by atoms with Gasteiger partial charge in [-0.15, -0.1) is 0 Å². The minimum absolute atomic E-state index is 0.0563. The Labute approximate surface area is 126 Å². The van der Waals surface area contributed by atoms with Gasteiger partial charge in [-0.25, -0.2) is 0 Å². The van der Waals surface area contributed by atoms with E-state index in [1.807, 2.05) is 24.3 Å². The van der Waals surface area contributed by atoms with Gasteiger partial charge in [0.25, 0.3) is 0 Å². The van der Waals surface area contributed by atoms with Gasteiger partial charge >= 0.3 is 0 Å². The highest BCUT2D eigenvalue weighted by molar-refractivity contribution is 5.18. The van der Waals surface area contributed by atoms with Crippen LogP contribution in [-0.2, 0) is 13.0 Å². The zero-order chi connectivity index (χ0) is 14.7. The van der Waals surface area contributed by atoms with Crippen LogP contribution in [0.5, 0.6) is 0 Å². The first-order valence-electron chi connectivity index (χ1n) is 7.73. The van der Waals surface area contributed by atoms with Crippen LogP contribution in [-0.4, -0.2) is 17.8 Å². The minimum Gasteiger partial charge on any atom is -0.464 e. The standard InChI is InChI=1S/C18H23NO2/c1-13-9-17(13)18-8-7-16(21-18)11-19-15(12-20)10-14-5-3-2-4-6-14/h2-8,13,15,17,19-20H,9-12H2,1H3/t13?,15-,17?/m0/s1. The Balaban J connectivity index is 1.51. The van der Waals surface area contributed by atoms with Gasteiger partial charge in [0.1, 0.15) is 11.5 Å². The molecule has 0 aliphatic heterocycles. The first-order chi connectivity index (χ1) is 10.3. The highest BCUT2D eigenvalue weighted by atomic mass is 16.3. The average molecular weight is 285 g/mol. The molecular formula is C18H23NO2. The topological polar surface area (TPSA) is 45.4 Å². The van der Waals surface area contributed by atoms with E-state index < -0.39 is 0 Å². The molecule has 2 aromatic rings. The van der Waals surface area contributed by atoms with Crippen molar-refractivity contribution >= 4 is 0 Å². The molecule has 21 heavy (non-hydrogen) atoms. The molecule has 1 aromatic carbocycles. The van der Waals surface area contributed by atoms with Crippen molar-refractivity contribution in [2.45, 2.75) is 38.3 Å². The summed E-state index contributed by atoms with van der Waals surface area (Å²) in [5, 5.41) is 12.9. The lowest BCUT2D eigenvalue weighted by Gasteiger charge is -2.15. The van der Waals surface area contributed by atoms with E-state index in [4.69, 9.17) is 4.42 Å². The number of rotatable bonds is 7. The van der Waals surface area contributed by atoms with Crippen LogP contribution in [0.25, 0.3) is 0 Å². The first-order valence-corrected chi connectivity index (χ1v) is 7.73. The summed E-state index contributed by atoms with van der Waals surface area (Å²) in [7, 11) is 0. The molecular weight excluding hydrogens is 262 g/mol. The summed E-state index contributed by atoms with van der Waals surface area (Å²) in [5.74, 6) is 3.45. The molecule has 1 heterocycles. The van der Waals surface area contributed by atoms with Crippen molar-refractivity contribution in [3.8, 4) is 0 Å². The second-order valence-electron chi connectivity index (χ2n) is 6.07. The van der Waals surface area contributed by atoms with Crippen LogP contribution in [0.2, 0.25) is 0 Å². The van der Waals surface area contributed by atoms with Crippen molar-refractivity contribution in [2.75, 3.05) is 6.61 Å². The largest absolute Gasteiger partial charge is 0.464 e. The fraction of sp³-hybridized carbons (Fsp3) is 0.444. The number of aliphatic hydroxyl groups excluding tert-OH is 1. The Bertz CT molecular complexity index is 564. The van der Waals surface area contributed by atoms with Crippen LogP contribution in [0, 0.1) is 5.92 Å². The van der Waals surface area contributed by atoms with Crippen LogP contribution in [0.3, 0.4) is 0 Å². The van der Waals surface area contributed by atoms with E-state index in [0.29, 0.717) is 12.5 Å². The van der Waals surface area contributed by atoms with Crippen molar-refractivity contribution in [1.29, 1.82) is 0 Å². The van der Waals surface area contributed by atoms with Crippen LogP contribution in [0.4, 0.5) is 0 Å². The Morgan fingerprint density at radius 2 is 2.00 bits per heavy atom. The molecule has 0 radical (unpaired) electrons. The maximum absolute atomic E-state index is 9.51. The number of nitrogens with one attached hydrogen (secondary N) is 1. The van der Waals surface area contributed by atoms with E-state index in [1.54, 1.807) is 0 Å². The van der Waals surface area contributed by atoms with Gasteiger partial charge in [0, 0.05) is 12.0 Å². The van der Waals surface area contributed by atoms with Crippen LogP contribution in [0.15, 0.2) is 46.9 Å². The molecule has 1 aliphatic rings. The van der Waals surface area contributed by atoms with E-state index in [1.165, 1.54) is 12.0 Å². The van der Waals surface area contributed by atoms with Gasteiger partial charge in [-0.1, -0.05) is 37.3 Å². The molecule has 2 unspecified atom stereocenters. The second kappa shape index (κ2) is 6.46. The highest BCUT2D eigenvalue weighted by Gasteiger charge is 2.36. The number of aliphatic hydroxyl groups is 1. The van der Waals surface area contributed by atoms with Gasteiger partial charge in [-0.05, 0) is 36.5 Å². The normalized spacial score (nSPS) is 22.2. The summed E-state index contributed by atoms with van der Waals surface area (Å²) in [6.45, 7) is 3.05. The van der Waals surface area contributed by atoms with Crippen molar-refractivity contribution in [3.05, 3.63) is 59.5 Å². The van der Waals surface area contributed by atoms with E-state index in [9.17, 15) is 5.11 Å². The summed E-state index contributed by atoms with van der Waals surface area (Å²) in [4.78, 5) is 0. The van der Waals surface area contributed by atoms with Crippen LogP contribution in [0.1, 0.15) is 36.3 Å². The summed E-state index contributed by atoms with van der Waals surface area (Å²) >= 11 is 0. The first kappa shape index (κ1) is 14.4. The third-order valence-electron chi connectivity index (χ3n) is 4.27. The predicted octanol–water partition coefficient (Wildman–Crippen LogP) is 3.10. The highest BCUT2D eigenvalue weighted by Crippen LogP contribution is 2.47. The molecule has 0 spiro atoms. The molecule has 112 valence electrons. The van der Waals surface area contributed by atoms with Crippen LogP contribution >= 0.6 is 0 Å². The summed E-state index contributed by atoms with van der Waals surface area (Å²) in [6, 6.07) is 14.4. The number of furan rings is 1. The van der Waals surface area contributed by atoms with E-state index >= 15 is 0 Å². The van der Waals surface area contributed by atoms with Crippen molar-refractivity contribution in [2.24, 2.45) is 5.92 Å².